The first-order chi connectivity index (χ1) is 7.33. The van der Waals surface area contributed by atoms with Crippen molar-refractivity contribution in [2.75, 3.05) is 33.2 Å². The second-order valence-electron chi connectivity index (χ2n) is 4.57. The Hall–Kier alpha value is -0.590. The fourth-order valence-corrected chi connectivity index (χ4v) is 2.03. The molecule has 0 bridgehead atoms. The van der Waals surface area contributed by atoms with E-state index in [4.69, 9.17) is 5.26 Å². The number of nitriles is 1. The zero-order valence-electron chi connectivity index (χ0n) is 9.84. The second kappa shape index (κ2) is 7.67. The maximum Gasteiger partial charge on any atom is 0.0621 e. The van der Waals surface area contributed by atoms with Crippen LogP contribution in [0.15, 0.2) is 0 Å². The highest BCUT2D eigenvalue weighted by atomic mass is 15.1. The van der Waals surface area contributed by atoms with Crippen molar-refractivity contribution in [3.63, 3.8) is 0 Å². The van der Waals surface area contributed by atoms with Gasteiger partial charge in [-0.3, -0.25) is 0 Å². The third-order valence-corrected chi connectivity index (χ3v) is 3.16. The van der Waals surface area contributed by atoms with Crippen LogP contribution in [0.5, 0.6) is 0 Å². The number of nitrogens with zero attached hydrogens (tertiary/aromatic N) is 2. The minimum atomic E-state index is 0.704. The van der Waals surface area contributed by atoms with E-state index in [0.717, 1.165) is 25.3 Å². The van der Waals surface area contributed by atoms with E-state index in [9.17, 15) is 0 Å². The van der Waals surface area contributed by atoms with Gasteiger partial charge in [0.15, 0.2) is 0 Å². The van der Waals surface area contributed by atoms with Crippen LogP contribution in [-0.2, 0) is 0 Å². The summed E-state index contributed by atoms with van der Waals surface area (Å²) in [5.74, 6) is 0.872. The number of hydrogen-bond donors (Lipinski definition) is 1. The van der Waals surface area contributed by atoms with E-state index < -0.39 is 0 Å². The van der Waals surface area contributed by atoms with Crippen LogP contribution in [0.2, 0.25) is 0 Å². The highest BCUT2D eigenvalue weighted by Gasteiger charge is 2.15. The lowest BCUT2D eigenvalue weighted by Crippen LogP contribution is -2.35. The molecule has 3 heteroatoms. The molecule has 0 aromatic heterocycles. The van der Waals surface area contributed by atoms with Crippen molar-refractivity contribution in [1.82, 2.24) is 10.2 Å². The summed E-state index contributed by atoms with van der Waals surface area (Å²) < 4.78 is 0. The van der Waals surface area contributed by atoms with Crippen LogP contribution in [0.1, 0.15) is 32.1 Å². The van der Waals surface area contributed by atoms with E-state index in [1.807, 2.05) is 0 Å². The topological polar surface area (TPSA) is 39.1 Å². The summed E-state index contributed by atoms with van der Waals surface area (Å²) in [5, 5.41) is 11.9. The van der Waals surface area contributed by atoms with Gasteiger partial charge in [0.2, 0.25) is 0 Å². The Kier molecular flexibility index (Phi) is 6.38. The maximum absolute atomic E-state index is 8.38. The molecule has 1 rings (SSSR count). The third kappa shape index (κ3) is 5.76. The van der Waals surface area contributed by atoms with Crippen LogP contribution in [0, 0.1) is 17.2 Å². The molecular formula is C12H23N3. The van der Waals surface area contributed by atoms with Crippen molar-refractivity contribution in [1.29, 1.82) is 5.26 Å². The van der Waals surface area contributed by atoms with Gasteiger partial charge in [-0.1, -0.05) is 0 Å². The fraction of sp³-hybridized carbons (Fsp3) is 0.917. The molecule has 86 valence electrons. The third-order valence-electron chi connectivity index (χ3n) is 3.16. The minimum Gasteiger partial charge on any atom is -0.316 e. The van der Waals surface area contributed by atoms with Gasteiger partial charge < -0.3 is 10.2 Å². The summed E-state index contributed by atoms with van der Waals surface area (Å²) in [7, 11) is 2.20. The van der Waals surface area contributed by atoms with Crippen molar-refractivity contribution in [2.45, 2.75) is 32.1 Å². The van der Waals surface area contributed by atoms with E-state index in [-0.39, 0.29) is 0 Å². The van der Waals surface area contributed by atoms with Crippen LogP contribution in [0.25, 0.3) is 0 Å². The molecule has 15 heavy (non-hydrogen) atoms. The van der Waals surface area contributed by atoms with Gasteiger partial charge in [0.05, 0.1) is 6.07 Å². The molecule has 0 unspecified atom stereocenters. The van der Waals surface area contributed by atoms with Crippen LogP contribution < -0.4 is 5.32 Å². The zero-order valence-corrected chi connectivity index (χ0v) is 9.84. The monoisotopic (exact) mass is 209 g/mol. The van der Waals surface area contributed by atoms with E-state index in [2.05, 4.69) is 23.3 Å². The summed E-state index contributed by atoms with van der Waals surface area (Å²) >= 11 is 0. The molecule has 0 amide bonds. The van der Waals surface area contributed by atoms with Crippen LogP contribution in [0.4, 0.5) is 0 Å². The van der Waals surface area contributed by atoms with E-state index in [1.54, 1.807) is 0 Å². The molecule has 0 aromatic rings. The molecule has 0 saturated carbocycles. The molecule has 0 aliphatic carbocycles. The van der Waals surface area contributed by atoms with Gasteiger partial charge in [-0.25, -0.2) is 0 Å². The first kappa shape index (κ1) is 12.5. The molecule has 3 nitrogen and oxygen atoms in total. The van der Waals surface area contributed by atoms with E-state index in [1.165, 1.54) is 32.5 Å². The van der Waals surface area contributed by atoms with Gasteiger partial charge in [0.1, 0.15) is 0 Å². The van der Waals surface area contributed by atoms with Gasteiger partial charge in [-0.2, -0.15) is 5.26 Å². The Morgan fingerprint density at radius 2 is 2.07 bits per heavy atom. The Morgan fingerprint density at radius 1 is 1.33 bits per heavy atom. The lowest BCUT2D eigenvalue weighted by Gasteiger charge is -2.29. The minimum absolute atomic E-state index is 0.704. The van der Waals surface area contributed by atoms with Gasteiger partial charge in [0, 0.05) is 6.42 Å². The molecule has 0 spiro atoms. The summed E-state index contributed by atoms with van der Waals surface area (Å²) in [6.45, 7) is 4.75. The molecule has 1 aliphatic heterocycles. The van der Waals surface area contributed by atoms with Crippen LogP contribution in [-0.4, -0.2) is 38.1 Å². The first-order valence-electron chi connectivity index (χ1n) is 6.09. The maximum atomic E-state index is 8.38. The fourth-order valence-electron chi connectivity index (χ4n) is 2.03. The van der Waals surface area contributed by atoms with Crippen LogP contribution in [0.3, 0.4) is 0 Å². The molecule has 0 radical (unpaired) electrons. The average molecular weight is 209 g/mol. The molecule has 0 atom stereocenters. The quantitative estimate of drug-likeness (QED) is 0.676. The normalized spacial score (nSPS) is 18.9. The van der Waals surface area contributed by atoms with Crippen molar-refractivity contribution in [3.05, 3.63) is 0 Å². The highest BCUT2D eigenvalue weighted by Crippen LogP contribution is 2.14. The second-order valence-corrected chi connectivity index (χ2v) is 4.57. The molecule has 1 N–H and O–H groups in total. The Labute approximate surface area is 93.5 Å². The molecule has 1 saturated heterocycles. The molecule has 1 heterocycles. The van der Waals surface area contributed by atoms with Gasteiger partial charge in [-0.15, -0.1) is 0 Å². The predicted octanol–water partition coefficient (Wildman–Crippen LogP) is 1.61. The largest absolute Gasteiger partial charge is 0.316 e. The van der Waals surface area contributed by atoms with E-state index in [0.29, 0.717) is 6.42 Å². The smallest absolute Gasteiger partial charge is 0.0621 e. The zero-order chi connectivity index (χ0) is 10.9. The van der Waals surface area contributed by atoms with Gasteiger partial charge in [0.25, 0.3) is 0 Å². The summed E-state index contributed by atoms with van der Waals surface area (Å²) in [4.78, 5) is 2.41. The highest BCUT2D eigenvalue weighted by molar-refractivity contribution is 4.72. The summed E-state index contributed by atoms with van der Waals surface area (Å²) in [5.41, 5.74) is 0. The Morgan fingerprint density at radius 3 is 2.73 bits per heavy atom. The van der Waals surface area contributed by atoms with E-state index >= 15 is 0 Å². The van der Waals surface area contributed by atoms with Crippen molar-refractivity contribution < 1.29 is 0 Å². The van der Waals surface area contributed by atoms with Crippen molar-refractivity contribution in [2.24, 2.45) is 5.92 Å². The lowest BCUT2D eigenvalue weighted by molar-refractivity contribution is 0.216. The SMILES string of the molecule is CN1CCC(CNCCCCC#N)CC1. The number of rotatable bonds is 6. The molecule has 0 aromatic carbocycles. The summed E-state index contributed by atoms with van der Waals surface area (Å²) in [6.07, 6.45) is 5.55. The summed E-state index contributed by atoms with van der Waals surface area (Å²) in [6, 6.07) is 2.18. The molecule has 1 fully saturated rings. The van der Waals surface area contributed by atoms with Crippen LogP contribution >= 0.6 is 0 Å². The number of piperidine rings is 1. The van der Waals surface area contributed by atoms with Crippen molar-refractivity contribution in [3.8, 4) is 6.07 Å². The standard InChI is InChI=1S/C12H23N3/c1-15-9-5-12(6-10-15)11-14-8-4-2-3-7-13/h12,14H,2-6,8-11H2,1H3. The predicted molar refractivity (Wildman–Crippen MR) is 62.6 cm³/mol. The Bertz CT molecular complexity index is 190. The number of unbranched alkanes of at least 4 members (excludes halogenated alkanes) is 2. The number of likely N-dealkylation sites (tertiary alicyclic amines) is 1. The lowest BCUT2D eigenvalue weighted by atomic mass is 9.97. The first-order valence-corrected chi connectivity index (χ1v) is 6.09. The molecular weight excluding hydrogens is 186 g/mol. The average Bonchev–Trinajstić information content (AvgIpc) is 2.26. The number of hydrogen-bond acceptors (Lipinski definition) is 3. The number of nitrogens with one attached hydrogen (secondary N) is 1. The van der Waals surface area contributed by atoms with Gasteiger partial charge in [-0.05, 0) is 64.8 Å². The van der Waals surface area contributed by atoms with Crippen molar-refractivity contribution >= 4 is 0 Å². The Balaban J connectivity index is 1.90. The molecule has 1 aliphatic rings. The van der Waals surface area contributed by atoms with Gasteiger partial charge >= 0.3 is 0 Å².